The normalized spacial score (nSPS) is 13.2. The third-order valence-corrected chi connectivity index (χ3v) is 3.86. The van der Waals surface area contributed by atoms with Gasteiger partial charge in [0.15, 0.2) is 11.5 Å². The van der Waals surface area contributed by atoms with E-state index >= 15 is 0 Å². The highest BCUT2D eigenvalue weighted by molar-refractivity contribution is 6.05. The minimum atomic E-state index is -0.181. The molecule has 1 aromatic heterocycles. The molecule has 114 valence electrons. The van der Waals surface area contributed by atoms with Crippen LogP contribution in [0.2, 0.25) is 0 Å². The first-order valence-electron chi connectivity index (χ1n) is 7.56. The Bertz CT molecular complexity index is 718. The van der Waals surface area contributed by atoms with Crippen LogP contribution in [0.5, 0.6) is 0 Å². The fourth-order valence-electron chi connectivity index (χ4n) is 2.78. The summed E-state index contributed by atoms with van der Waals surface area (Å²) in [5, 5.41) is 6.78. The summed E-state index contributed by atoms with van der Waals surface area (Å²) in [6.45, 7) is 2.38. The Morgan fingerprint density at radius 1 is 1.36 bits per heavy atom. The van der Waals surface area contributed by atoms with Gasteiger partial charge >= 0.3 is 0 Å². The Balaban J connectivity index is 1.69. The van der Waals surface area contributed by atoms with E-state index in [0.29, 0.717) is 36.3 Å². The largest absolute Gasteiger partial charge is 0.359 e. The van der Waals surface area contributed by atoms with Crippen LogP contribution in [0.1, 0.15) is 57.5 Å². The minimum absolute atomic E-state index is 0.115. The molecule has 1 heterocycles. The van der Waals surface area contributed by atoms with Crippen molar-refractivity contribution in [2.45, 2.75) is 39.2 Å². The number of hydrogen-bond donors (Lipinski definition) is 1. The predicted molar refractivity (Wildman–Crippen MR) is 80.8 cm³/mol. The monoisotopic (exact) mass is 298 g/mol. The molecule has 0 aliphatic heterocycles. The van der Waals surface area contributed by atoms with Crippen molar-refractivity contribution in [1.82, 2.24) is 10.5 Å². The number of nitrogens with zero attached hydrogens (tertiary/aromatic N) is 1. The first kappa shape index (κ1) is 14.5. The Morgan fingerprint density at radius 2 is 2.23 bits per heavy atom. The number of aryl methyl sites for hydroxylation is 1. The van der Waals surface area contributed by atoms with Gasteiger partial charge in [-0.05, 0) is 24.5 Å². The van der Waals surface area contributed by atoms with Gasteiger partial charge in [-0.1, -0.05) is 30.6 Å². The van der Waals surface area contributed by atoms with Crippen molar-refractivity contribution in [2.75, 3.05) is 0 Å². The molecule has 0 radical (unpaired) electrons. The van der Waals surface area contributed by atoms with E-state index in [4.69, 9.17) is 4.52 Å². The Morgan fingerprint density at radius 3 is 3.05 bits per heavy atom. The summed E-state index contributed by atoms with van der Waals surface area (Å²) in [5.41, 5.74) is 3.02. The number of amides is 1. The number of aromatic nitrogens is 1. The first-order chi connectivity index (χ1) is 10.7. The SMILES string of the molecule is CCCc1cc(CNC(=O)c2cccc3c2CCC3=O)on1. The molecular formula is C17H18N2O3. The van der Waals surface area contributed by atoms with Gasteiger partial charge in [-0.15, -0.1) is 0 Å². The number of ketones is 1. The third kappa shape index (κ3) is 2.79. The van der Waals surface area contributed by atoms with E-state index in [0.717, 1.165) is 24.1 Å². The van der Waals surface area contributed by atoms with Crippen LogP contribution in [0.25, 0.3) is 0 Å². The third-order valence-electron chi connectivity index (χ3n) is 3.86. The van der Waals surface area contributed by atoms with E-state index in [1.54, 1.807) is 18.2 Å². The average molecular weight is 298 g/mol. The quantitative estimate of drug-likeness (QED) is 0.921. The zero-order valence-corrected chi connectivity index (χ0v) is 12.5. The number of carbonyl (C=O) groups is 2. The maximum Gasteiger partial charge on any atom is 0.251 e. The van der Waals surface area contributed by atoms with Crippen LogP contribution >= 0.6 is 0 Å². The summed E-state index contributed by atoms with van der Waals surface area (Å²) in [5.74, 6) is 0.574. The second kappa shape index (κ2) is 6.13. The molecule has 3 rings (SSSR count). The van der Waals surface area contributed by atoms with Crippen LogP contribution in [-0.4, -0.2) is 16.8 Å². The smallest absolute Gasteiger partial charge is 0.251 e. The fourth-order valence-corrected chi connectivity index (χ4v) is 2.78. The van der Waals surface area contributed by atoms with Gasteiger partial charge in [-0.2, -0.15) is 0 Å². The highest BCUT2D eigenvalue weighted by Crippen LogP contribution is 2.25. The summed E-state index contributed by atoms with van der Waals surface area (Å²) in [7, 11) is 0. The van der Waals surface area contributed by atoms with Crippen LogP contribution in [-0.2, 0) is 19.4 Å². The molecule has 22 heavy (non-hydrogen) atoms. The maximum atomic E-state index is 12.3. The zero-order chi connectivity index (χ0) is 15.5. The van der Waals surface area contributed by atoms with Gasteiger partial charge in [-0.3, -0.25) is 9.59 Å². The molecule has 2 aromatic rings. The molecule has 0 bridgehead atoms. The van der Waals surface area contributed by atoms with Crippen molar-refractivity contribution in [3.8, 4) is 0 Å². The number of fused-ring (bicyclic) bond motifs is 1. The van der Waals surface area contributed by atoms with Gasteiger partial charge in [-0.25, -0.2) is 0 Å². The molecule has 1 aromatic carbocycles. The molecular weight excluding hydrogens is 280 g/mol. The van der Waals surface area contributed by atoms with E-state index in [2.05, 4.69) is 17.4 Å². The molecule has 0 atom stereocenters. The van der Waals surface area contributed by atoms with E-state index in [1.165, 1.54) is 0 Å². The summed E-state index contributed by atoms with van der Waals surface area (Å²) < 4.78 is 5.19. The predicted octanol–water partition coefficient (Wildman–Crippen LogP) is 2.69. The summed E-state index contributed by atoms with van der Waals surface area (Å²) >= 11 is 0. The Labute approximate surface area is 128 Å². The number of carbonyl (C=O) groups excluding carboxylic acids is 2. The van der Waals surface area contributed by atoms with Crippen molar-refractivity contribution in [3.05, 3.63) is 52.4 Å². The van der Waals surface area contributed by atoms with Crippen molar-refractivity contribution in [2.24, 2.45) is 0 Å². The lowest BCUT2D eigenvalue weighted by molar-refractivity contribution is 0.0945. The van der Waals surface area contributed by atoms with Crippen molar-refractivity contribution in [1.29, 1.82) is 0 Å². The Kier molecular flexibility index (Phi) is 4.04. The van der Waals surface area contributed by atoms with Gasteiger partial charge in [0.1, 0.15) is 0 Å². The Hall–Kier alpha value is -2.43. The molecule has 1 aliphatic carbocycles. The topological polar surface area (TPSA) is 72.2 Å². The second-order valence-corrected chi connectivity index (χ2v) is 5.47. The van der Waals surface area contributed by atoms with E-state index in [1.807, 2.05) is 6.07 Å². The number of nitrogens with one attached hydrogen (secondary N) is 1. The molecule has 0 saturated heterocycles. The van der Waals surface area contributed by atoms with Crippen molar-refractivity contribution < 1.29 is 14.1 Å². The highest BCUT2D eigenvalue weighted by atomic mass is 16.5. The van der Waals surface area contributed by atoms with E-state index in [9.17, 15) is 9.59 Å². The van der Waals surface area contributed by atoms with Gasteiger partial charge in [0.05, 0.1) is 12.2 Å². The van der Waals surface area contributed by atoms with Crippen molar-refractivity contribution in [3.63, 3.8) is 0 Å². The molecule has 1 amide bonds. The van der Waals surface area contributed by atoms with Gasteiger partial charge in [0, 0.05) is 23.6 Å². The van der Waals surface area contributed by atoms with Gasteiger partial charge in [0.25, 0.3) is 5.91 Å². The van der Waals surface area contributed by atoms with Gasteiger partial charge < -0.3 is 9.84 Å². The fraction of sp³-hybridized carbons (Fsp3) is 0.353. The van der Waals surface area contributed by atoms with Crippen LogP contribution in [0.3, 0.4) is 0 Å². The van der Waals surface area contributed by atoms with Crippen molar-refractivity contribution >= 4 is 11.7 Å². The standard InChI is InChI=1S/C17H18N2O3/c1-2-4-11-9-12(22-19-11)10-18-17(21)15-6-3-5-14-13(15)7-8-16(14)20/h3,5-6,9H,2,4,7-8,10H2,1H3,(H,18,21). The lowest BCUT2D eigenvalue weighted by Gasteiger charge is -2.07. The number of Topliss-reactive ketones (excluding diaryl/α,β-unsaturated/α-hetero) is 1. The number of benzene rings is 1. The lowest BCUT2D eigenvalue weighted by Crippen LogP contribution is -2.23. The minimum Gasteiger partial charge on any atom is -0.359 e. The first-order valence-corrected chi connectivity index (χ1v) is 7.56. The van der Waals surface area contributed by atoms with Crippen LogP contribution < -0.4 is 5.32 Å². The molecule has 5 heteroatoms. The molecule has 1 N–H and O–H groups in total. The molecule has 1 aliphatic rings. The van der Waals surface area contributed by atoms with E-state index < -0.39 is 0 Å². The van der Waals surface area contributed by atoms with Gasteiger partial charge in [0.2, 0.25) is 0 Å². The molecule has 0 unspecified atom stereocenters. The molecule has 0 spiro atoms. The number of hydrogen-bond acceptors (Lipinski definition) is 4. The maximum absolute atomic E-state index is 12.3. The zero-order valence-electron chi connectivity index (χ0n) is 12.5. The summed E-state index contributed by atoms with van der Waals surface area (Å²) in [6, 6.07) is 7.16. The summed E-state index contributed by atoms with van der Waals surface area (Å²) in [6.07, 6.45) is 3.00. The summed E-state index contributed by atoms with van der Waals surface area (Å²) in [4.78, 5) is 24.1. The van der Waals surface area contributed by atoms with Crippen LogP contribution in [0, 0.1) is 0 Å². The highest BCUT2D eigenvalue weighted by Gasteiger charge is 2.24. The van der Waals surface area contributed by atoms with Crippen LogP contribution in [0.15, 0.2) is 28.8 Å². The lowest BCUT2D eigenvalue weighted by atomic mass is 10.0. The molecule has 0 fully saturated rings. The molecule has 5 nitrogen and oxygen atoms in total. The number of rotatable bonds is 5. The average Bonchev–Trinajstić information content (AvgIpc) is 3.12. The second-order valence-electron chi connectivity index (χ2n) is 5.47. The van der Waals surface area contributed by atoms with E-state index in [-0.39, 0.29) is 11.7 Å². The van der Waals surface area contributed by atoms with Crippen LogP contribution in [0.4, 0.5) is 0 Å². The molecule has 0 saturated carbocycles.